The lowest BCUT2D eigenvalue weighted by atomic mass is 9.94. The van der Waals surface area contributed by atoms with Crippen molar-refractivity contribution in [3.05, 3.63) is 41.5 Å². The van der Waals surface area contributed by atoms with Crippen LogP contribution in [-0.2, 0) is 11.0 Å². The molecule has 3 N–H and O–H groups in total. The van der Waals surface area contributed by atoms with E-state index in [1.807, 2.05) is 0 Å². The van der Waals surface area contributed by atoms with Crippen LogP contribution in [0.4, 0.5) is 37.7 Å². The lowest BCUT2D eigenvalue weighted by molar-refractivity contribution is -0.274. The number of rotatable bonds is 4. The molecule has 2 aliphatic rings. The van der Waals surface area contributed by atoms with E-state index in [0.717, 1.165) is 43.2 Å². The molecule has 1 fully saturated rings. The number of phenolic OH excluding ortho intramolecular Hbond substituents is 1. The normalized spacial score (nSPS) is 18.6. The van der Waals surface area contributed by atoms with Gasteiger partial charge in [0.1, 0.15) is 17.2 Å². The number of aromatic hydroxyl groups is 1. The Hall–Kier alpha value is -3.31. The zero-order chi connectivity index (χ0) is 24.7. The maximum absolute atomic E-state index is 13.7. The number of benzene rings is 2. The van der Waals surface area contributed by atoms with Gasteiger partial charge in [-0.25, -0.2) is 0 Å². The van der Waals surface area contributed by atoms with Gasteiger partial charge in [0.05, 0.1) is 23.5 Å². The van der Waals surface area contributed by atoms with Crippen molar-refractivity contribution in [3.63, 3.8) is 0 Å². The van der Waals surface area contributed by atoms with Crippen LogP contribution >= 0.6 is 0 Å². The highest BCUT2D eigenvalue weighted by molar-refractivity contribution is 5.96. The summed E-state index contributed by atoms with van der Waals surface area (Å²) in [5.41, 5.74) is -1.37. The zero-order valence-corrected chi connectivity index (χ0v) is 17.5. The summed E-state index contributed by atoms with van der Waals surface area (Å²) in [6.45, 7) is -0.220. The summed E-state index contributed by atoms with van der Waals surface area (Å²) < 4.78 is 87.6. The first-order valence-electron chi connectivity index (χ1n) is 10.5. The average Bonchev–Trinajstić information content (AvgIpc) is 3.26. The number of alkyl halides is 6. The predicted octanol–water partition coefficient (Wildman–Crippen LogP) is 5.78. The number of hydrogen-bond donors (Lipinski definition) is 3. The summed E-state index contributed by atoms with van der Waals surface area (Å²) in [5.74, 6) is -1.92. The largest absolute Gasteiger partial charge is 0.573 e. The summed E-state index contributed by atoms with van der Waals surface area (Å²) in [5, 5.41) is 15.2. The summed E-state index contributed by atoms with van der Waals surface area (Å²) in [6.07, 6.45) is -7.87. The van der Waals surface area contributed by atoms with Crippen molar-refractivity contribution in [1.82, 2.24) is 0 Å². The van der Waals surface area contributed by atoms with Gasteiger partial charge in [0.2, 0.25) is 0 Å². The lowest BCUT2D eigenvalue weighted by Gasteiger charge is -2.27. The maximum atomic E-state index is 13.7. The maximum Gasteiger partial charge on any atom is 0.573 e. The molecule has 0 unspecified atom stereocenters. The topological polar surface area (TPSA) is 79.8 Å². The molecule has 1 heterocycles. The molecule has 184 valence electrons. The van der Waals surface area contributed by atoms with E-state index in [2.05, 4.69) is 15.4 Å². The van der Waals surface area contributed by atoms with Crippen LogP contribution in [0.1, 0.15) is 42.7 Å². The molecule has 12 heteroatoms. The molecule has 1 atom stereocenters. The van der Waals surface area contributed by atoms with Crippen molar-refractivity contribution in [2.45, 2.75) is 50.2 Å². The van der Waals surface area contributed by atoms with Crippen molar-refractivity contribution in [1.29, 1.82) is 0 Å². The first kappa shape index (κ1) is 23.8. The summed E-state index contributed by atoms with van der Waals surface area (Å²) in [7, 11) is 0. The van der Waals surface area contributed by atoms with Gasteiger partial charge < -0.3 is 25.2 Å². The quantitative estimate of drug-likeness (QED) is 0.474. The van der Waals surface area contributed by atoms with Crippen LogP contribution in [-0.4, -0.2) is 30.0 Å². The molecule has 6 nitrogen and oxygen atoms in total. The molecular formula is C22H20F6N2O4. The molecule has 1 amide bonds. The van der Waals surface area contributed by atoms with E-state index in [9.17, 15) is 36.2 Å². The van der Waals surface area contributed by atoms with Crippen LogP contribution in [0.2, 0.25) is 0 Å². The Balaban J connectivity index is 1.52. The van der Waals surface area contributed by atoms with E-state index in [4.69, 9.17) is 4.74 Å². The van der Waals surface area contributed by atoms with E-state index in [-0.39, 0.29) is 35.2 Å². The third-order valence-corrected chi connectivity index (χ3v) is 5.75. The number of hydrogen-bond acceptors (Lipinski definition) is 5. The first-order valence-corrected chi connectivity index (χ1v) is 10.5. The molecule has 1 aliphatic carbocycles. The highest BCUT2D eigenvalue weighted by Crippen LogP contribution is 2.44. The molecule has 0 aromatic heterocycles. The summed E-state index contributed by atoms with van der Waals surface area (Å²) >= 11 is 0. The smallest absolute Gasteiger partial charge is 0.508 e. The number of amides is 1. The zero-order valence-electron chi connectivity index (χ0n) is 17.5. The van der Waals surface area contributed by atoms with Gasteiger partial charge in [-0.3, -0.25) is 4.79 Å². The van der Waals surface area contributed by atoms with Gasteiger partial charge in [0, 0.05) is 12.1 Å². The molecular weight excluding hydrogens is 470 g/mol. The second-order valence-electron chi connectivity index (χ2n) is 8.12. The minimum absolute atomic E-state index is 0.0244. The predicted molar refractivity (Wildman–Crippen MR) is 109 cm³/mol. The minimum atomic E-state index is -4.89. The molecule has 34 heavy (non-hydrogen) atoms. The molecule has 2 aromatic rings. The third-order valence-electron chi connectivity index (χ3n) is 5.75. The number of halogens is 6. The van der Waals surface area contributed by atoms with Crippen molar-refractivity contribution in [3.8, 4) is 17.2 Å². The van der Waals surface area contributed by atoms with Gasteiger partial charge in [0.25, 0.3) is 5.91 Å². The number of anilines is 2. The SMILES string of the molecule is O=C(Nc1cc(O)c(C2CCCC2)cc1C(F)(F)F)[C@H]1CNc2cc(OC(F)(F)F)ccc2O1. The summed E-state index contributed by atoms with van der Waals surface area (Å²) in [6, 6.07) is 4.91. The van der Waals surface area contributed by atoms with Crippen LogP contribution in [0.5, 0.6) is 17.2 Å². The van der Waals surface area contributed by atoms with Crippen molar-refractivity contribution >= 4 is 17.3 Å². The van der Waals surface area contributed by atoms with E-state index in [1.54, 1.807) is 0 Å². The Kier molecular flexibility index (Phi) is 6.17. The van der Waals surface area contributed by atoms with E-state index >= 15 is 0 Å². The molecule has 0 radical (unpaired) electrons. The Labute approximate surface area is 189 Å². The monoisotopic (exact) mass is 490 g/mol. The van der Waals surface area contributed by atoms with Crippen molar-refractivity contribution in [2.75, 3.05) is 17.2 Å². The first-order chi connectivity index (χ1) is 15.9. The highest BCUT2D eigenvalue weighted by Gasteiger charge is 2.37. The number of carbonyl (C=O) groups excluding carboxylic acids is 1. The molecule has 0 saturated heterocycles. The van der Waals surface area contributed by atoms with Gasteiger partial charge in [-0.05, 0) is 42.5 Å². The van der Waals surface area contributed by atoms with Gasteiger partial charge in [-0.15, -0.1) is 13.2 Å². The number of ether oxygens (including phenoxy) is 2. The molecule has 1 saturated carbocycles. The Bertz CT molecular complexity index is 1080. The highest BCUT2D eigenvalue weighted by atomic mass is 19.4. The number of nitrogens with one attached hydrogen (secondary N) is 2. The van der Waals surface area contributed by atoms with Crippen LogP contribution in [0.25, 0.3) is 0 Å². The third kappa shape index (κ3) is 5.26. The fourth-order valence-electron chi connectivity index (χ4n) is 4.21. The van der Waals surface area contributed by atoms with Gasteiger partial charge in [-0.2, -0.15) is 13.2 Å². The van der Waals surface area contributed by atoms with E-state index in [1.165, 1.54) is 0 Å². The summed E-state index contributed by atoms with van der Waals surface area (Å²) in [4.78, 5) is 12.7. The van der Waals surface area contributed by atoms with Crippen LogP contribution in [0.3, 0.4) is 0 Å². The Morgan fingerprint density at radius 2 is 1.79 bits per heavy atom. The lowest BCUT2D eigenvalue weighted by Crippen LogP contribution is -2.41. The van der Waals surface area contributed by atoms with E-state index < -0.39 is 41.6 Å². The Morgan fingerprint density at radius 1 is 1.09 bits per heavy atom. The van der Waals surface area contributed by atoms with Crippen molar-refractivity contribution in [2.24, 2.45) is 0 Å². The molecule has 4 rings (SSSR count). The van der Waals surface area contributed by atoms with Crippen LogP contribution in [0.15, 0.2) is 30.3 Å². The number of phenols is 1. The van der Waals surface area contributed by atoms with Crippen molar-refractivity contribution < 1.29 is 45.7 Å². The fourth-order valence-corrected chi connectivity index (χ4v) is 4.21. The van der Waals surface area contributed by atoms with Crippen LogP contribution in [0, 0.1) is 0 Å². The second-order valence-corrected chi connectivity index (χ2v) is 8.12. The minimum Gasteiger partial charge on any atom is -0.508 e. The number of carbonyl (C=O) groups is 1. The van der Waals surface area contributed by atoms with Gasteiger partial charge >= 0.3 is 12.5 Å². The molecule has 0 spiro atoms. The van der Waals surface area contributed by atoms with Gasteiger partial charge in [0.15, 0.2) is 6.10 Å². The van der Waals surface area contributed by atoms with Crippen LogP contribution < -0.4 is 20.1 Å². The molecule has 1 aliphatic heterocycles. The number of fused-ring (bicyclic) bond motifs is 1. The second kappa shape index (κ2) is 8.80. The van der Waals surface area contributed by atoms with Gasteiger partial charge in [-0.1, -0.05) is 12.8 Å². The Morgan fingerprint density at radius 3 is 2.44 bits per heavy atom. The fraction of sp³-hybridized carbons (Fsp3) is 0.409. The standard InChI is InChI=1S/C22H20F6N2O4/c23-21(24,25)14-8-13(11-3-1-2-4-11)17(31)9-15(14)30-20(32)19-10-29-16-7-12(34-22(26,27)28)5-6-18(16)33-19/h5-9,11,19,29,31H,1-4,10H2,(H,30,32)/t19-/m1/s1. The molecule has 0 bridgehead atoms. The molecule has 2 aromatic carbocycles. The average molecular weight is 490 g/mol. The van der Waals surface area contributed by atoms with E-state index in [0.29, 0.717) is 12.8 Å².